The standard InChI is InChI=1S/C17H22O2/c1-2-3-4-5-6-7-8-9-10-11-12-13-14-17(19)15-16-18/h2,8-9,18H,1,3-7,10,15-16H2. The average molecular weight is 258 g/mol. The summed E-state index contributed by atoms with van der Waals surface area (Å²) in [5, 5.41) is 8.49. The Morgan fingerprint density at radius 2 is 1.89 bits per heavy atom. The highest BCUT2D eigenvalue weighted by Crippen LogP contribution is 2.03. The Hall–Kier alpha value is -1.77. The second kappa shape index (κ2) is 14.3. The van der Waals surface area contributed by atoms with E-state index in [1.165, 1.54) is 19.3 Å². The van der Waals surface area contributed by atoms with Crippen molar-refractivity contribution in [1.82, 2.24) is 0 Å². The molecule has 0 fully saturated rings. The van der Waals surface area contributed by atoms with Crippen LogP contribution in [0, 0.1) is 23.7 Å². The zero-order chi connectivity index (χ0) is 14.2. The first-order valence-electron chi connectivity index (χ1n) is 6.69. The van der Waals surface area contributed by atoms with E-state index in [0.29, 0.717) is 6.42 Å². The van der Waals surface area contributed by atoms with E-state index in [-0.39, 0.29) is 18.8 Å². The van der Waals surface area contributed by atoms with Crippen molar-refractivity contribution in [2.75, 3.05) is 6.61 Å². The molecule has 0 rings (SSSR count). The van der Waals surface area contributed by atoms with E-state index in [4.69, 9.17) is 5.11 Å². The van der Waals surface area contributed by atoms with E-state index in [1.54, 1.807) is 0 Å². The number of Topliss-reactive ketones (excluding diaryl/α,β-unsaturated/α-hetero) is 1. The number of ketones is 1. The maximum Gasteiger partial charge on any atom is 0.208 e. The highest BCUT2D eigenvalue weighted by atomic mass is 16.3. The molecule has 0 atom stereocenters. The van der Waals surface area contributed by atoms with Gasteiger partial charge >= 0.3 is 0 Å². The van der Waals surface area contributed by atoms with Crippen molar-refractivity contribution in [2.24, 2.45) is 0 Å². The van der Waals surface area contributed by atoms with E-state index in [0.717, 1.165) is 12.8 Å². The molecule has 2 nitrogen and oxygen atoms in total. The summed E-state index contributed by atoms with van der Waals surface area (Å²) in [6, 6.07) is 0. The summed E-state index contributed by atoms with van der Waals surface area (Å²) < 4.78 is 0. The Kier molecular flexibility index (Phi) is 13.0. The van der Waals surface area contributed by atoms with Gasteiger partial charge in [0.15, 0.2) is 0 Å². The monoisotopic (exact) mass is 258 g/mol. The highest BCUT2D eigenvalue weighted by molar-refractivity contribution is 5.95. The van der Waals surface area contributed by atoms with Crippen molar-refractivity contribution in [3.63, 3.8) is 0 Å². The lowest BCUT2D eigenvalue weighted by molar-refractivity contribution is -0.114. The molecular formula is C17H22O2. The lowest BCUT2D eigenvalue weighted by Crippen LogP contribution is -1.95. The molecule has 0 bridgehead atoms. The predicted octanol–water partition coefficient (Wildman–Crippen LogP) is 3.03. The van der Waals surface area contributed by atoms with E-state index in [9.17, 15) is 4.79 Å². The van der Waals surface area contributed by atoms with E-state index in [1.807, 2.05) is 12.2 Å². The molecule has 0 aromatic carbocycles. The third-order valence-electron chi connectivity index (χ3n) is 2.36. The first kappa shape index (κ1) is 17.2. The second-order valence-corrected chi connectivity index (χ2v) is 4.05. The number of rotatable bonds is 9. The van der Waals surface area contributed by atoms with Crippen LogP contribution in [0.25, 0.3) is 0 Å². The van der Waals surface area contributed by atoms with Crippen molar-refractivity contribution in [1.29, 1.82) is 0 Å². The van der Waals surface area contributed by atoms with Gasteiger partial charge in [-0.15, -0.1) is 6.58 Å². The van der Waals surface area contributed by atoms with Crippen LogP contribution in [0.2, 0.25) is 0 Å². The van der Waals surface area contributed by atoms with Gasteiger partial charge in [-0.2, -0.15) is 0 Å². The molecule has 0 aliphatic heterocycles. The summed E-state index contributed by atoms with van der Waals surface area (Å²) in [6.07, 6.45) is 12.7. The Morgan fingerprint density at radius 3 is 2.63 bits per heavy atom. The average Bonchev–Trinajstić information content (AvgIpc) is 2.40. The van der Waals surface area contributed by atoms with Crippen LogP contribution in [0.4, 0.5) is 0 Å². The minimum absolute atomic E-state index is 0.0838. The zero-order valence-corrected chi connectivity index (χ0v) is 11.5. The van der Waals surface area contributed by atoms with Gasteiger partial charge in [-0.05, 0) is 43.4 Å². The largest absolute Gasteiger partial charge is 0.396 e. The lowest BCUT2D eigenvalue weighted by atomic mass is 10.1. The quantitative estimate of drug-likeness (QED) is 0.299. The van der Waals surface area contributed by atoms with Crippen LogP contribution in [0.5, 0.6) is 0 Å². The summed E-state index contributed by atoms with van der Waals surface area (Å²) in [5.41, 5.74) is 0. The van der Waals surface area contributed by atoms with Gasteiger partial charge in [0.05, 0.1) is 6.61 Å². The minimum atomic E-state index is -0.271. The number of unbranched alkanes of at least 4 members (excludes halogenated alkanes) is 4. The Morgan fingerprint density at radius 1 is 1.11 bits per heavy atom. The number of allylic oxidation sites excluding steroid dienone is 3. The minimum Gasteiger partial charge on any atom is -0.396 e. The maximum absolute atomic E-state index is 10.9. The van der Waals surface area contributed by atoms with E-state index < -0.39 is 0 Å². The highest BCUT2D eigenvalue weighted by Gasteiger charge is 1.91. The van der Waals surface area contributed by atoms with Crippen molar-refractivity contribution >= 4 is 5.78 Å². The van der Waals surface area contributed by atoms with Crippen LogP contribution in [-0.4, -0.2) is 17.5 Å². The fraction of sp³-hybridized carbons (Fsp3) is 0.471. The number of carbonyl (C=O) groups excluding carboxylic acids is 1. The molecule has 0 heterocycles. The van der Waals surface area contributed by atoms with Crippen molar-refractivity contribution in [2.45, 2.75) is 44.9 Å². The van der Waals surface area contributed by atoms with Crippen molar-refractivity contribution < 1.29 is 9.90 Å². The third-order valence-corrected chi connectivity index (χ3v) is 2.36. The number of carbonyl (C=O) groups is 1. The Labute approximate surface area is 116 Å². The van der Waals surface area contributed by atoms with Crippen molar-refractivity contribution in [3.05, 3.63) is 24.8 Å². The van der Waals surface area contributed by atoms with E-state index in [2.05, 4.69) is 36.3 Å². The molecule has 2 heteroatoms. The molecule has 102 valence electrons. The van der Waals surface area contributed by atoms with Crippen molar-refractivity contribution in [3.8, 4) is 23.7 Å². The van der Waals surface area contributed by atoms with Gasteiger partial charge in [0.1, 0.15) is 0 Å². The molecule has 0 radical (unpaired) electrons. The molecule has 0 saturated carbocycles. The van der Waals surface area contributed by atoms with Crippen LogP contribution in [0.1, 0.15) is 44.9 Å². The predicted molar refractivity (Wildman–Crippen MR) is 79.3 cm³/mol. The maximum atomic E-state index is 10.9. The number of aliphatic hydroxyl groups is 1. The molecule has 0 aliphatic carbocycles. The number of hydrogen-bond acceptors (Lipinski definition) is 2. The molecule has 0 unspecified atom stereocenters. The van der Waals surface area contributed by atoms with Crippen LogP contribution in [0.15, 0.2) is 24.8 Å². The smallest absolute Gasteiger partial charge is 0.208 e. The Balaban J connectivity index is 3.57. The van der Waals surface area contributed by atoms with E-state index >= 15 is 0 Å². The number of hydrogen-bond donors (Lipinski definition) is 1. The zero-order valence-electron chi connectivity index (χ0n) is 11.5. The summed E-state index contributed by atoms with van der Waals surface area (Å²) in [5.74, 6) is 10.0. The van der Waals surface area contributed by atoms with Crippen LogP contribution >= 0.6 is 0 Å². The van der Waals surface area contributed by atoms with Gasteiger partial charge in [-0.1, -0.05) is 30.6 Å². The first-order chi connectivity index (χ1) is 9.31. The summed E-state index contributed by atoms with van der Waals surface area (Å²) in [4.78, 5) is 10.9. The van der Waals surface area contributed by atoms with Gasteiger partial charge in [-0.25, -0.2) is 0 Å². The molecule has 1 N–H and O–H groups in total. The molecule has 0 amide bonds. The summed E-state index contributed by atoms with van der Waals surface area (Å²) >= 11 is 0. The van der Waals surface area contributed by atoms with Gasteiger partial charge in [0, 0.05) is 12.8 Å². The van der Waals surface area contributed by atoms with Gasteiger partial charge in [-0.3, -0.25) is 4.79 Å². The van der Waals surface area contributed by atoms with Crippen LogP contribution in [-0.2, 0) is 4.79 Å². The molecular weight excluding hydrogens is 236 g/mol. The lowest BCUT2D eigenvalue weighted by Gasteiger charge is -1.93. The molecule has 0 saturated heterocycles. The van der Waals surface area contributed by atoms with Crippen LogP contribution in [0.3, 0.4) is 0 Å². The molecule has 0 aromatic heterocycles. The van der Waals surface area contributed by atoms with Gasteiger partial charge in [0.25, 0.3) is 0 Å². The molecule has 0 aromatic rings. The molecule has 0 aliphatic rings. The SMILES string of the molecule is C=CCCCCCC=CCC#CC#CC(=O)CCO. The third kappa shape index (κ3) is 14.2. The van der Waals surface area contributed by atoms with Gasteiger partial charge in [0.2, 0.25) is 5.78 Å². The fourth-order valence-electron chi connectivity index (χ4n) is 1.35. The normalized spacial score (nSPS) is 9.32. The number of aliphatic hydroxyl groups excluding tert-OH is 1. The Bertz CT molecular complexity index is 396. The summed E-state index contributed by atoms with van der Waals surface area (Å²) in [6.45, 7) is 3.53. The molecule has 0 spiro atoms. The van der Waals surface area contributed by atoms with Gasteiger partial charge < -0.3 is 5.11 Å². The first-order valence-corrected chi connectivity index (χ1v) is 6.69. The fourth-order valence-corrected chi connectivity index (χ4v) is 1.35. The summed E-state index contributed by atoms with van der Waals surface area (Å²) in [7, 11) is 0. The topological polar surface area (TPSA) is 37.3 Å². The second-order valence-electron chi connectivity index (χ2n) is 4.05. The molecule has 19 heavy (non-hydrogen) atoms. The van der Waals surface area contributed by atoms with Crippen LogP contribution < -0.4 is 0 Å².